The molecule has 30 heavy (non-hydrogen) atoms. The van der Waals surface area contributed by atoms with E-state index in [0.29, 0.717) is 12.1 Å². The molecule has 2 fully saturated rings. The van der Waals surface area contributed by atoms with Gasteiger partial charge < -0.3 is 15.8 Å². The third-order valence-corrected chi connectivity index (χ3v) is 6.44. The maximum absolute atomic E-state index is 5.89. The third-order valence-electron chi connectivity index (χ3n) is 6.44. The number of nitrogens with two attached hydrogens (primary N) is 1. The van der Waals surface area contributed by atoms with Crippen LogP contribution < -0.4 is 11.1 Å². The number of rotatable bonds is 5. The molecule has 0 spiro atoms. The van der Waals surface area contributed by atoms with Crippen LogP contribution in [0.1, 0.15) is 38.2 Å². The minimum Gasteiger partial charge on any atom is -0.404 e. The van der Waals surface area contributed by atoms with Gasteiger partial charge in [0, 0.05) is 55.1 Å². The number of nitrogens with one attached hydrogen (secondary N) is 1. The van der Waals surface area contributed by atoms with Crippen molar-refractivity contribution in [2.75, 3.05) is 38.7 Å². The summed E-state index contributed by atoms with van der Waals surface area (Å²) in [6.07, 6.45) is 8.01. The Balaban J connectivity index is 1.49. The molecule has 4 rings (SSSR count). The number of aromatic nitrogens is 2. The van der Waals surface area contributed by atoms with E-state index in [9.17, 15) is 0 Å². The van der Waals surface area contributed by atoms with E-state index >= 15 is 0 Å². The summed E-state index contributed by atoms with van der Waals surface area (Å²) >= 11 is 0. The van der Waals surface area contributed by atoms with Gasteiger partial charge in [0.2, 0.25) is 0 Å². The molecule has 2 heterocycles. The molecule has 0 radical (unpaired) electrons. The first kappa shape index (κ1) is 20.8. The summed E-state index contributed by atoms with van der Waals surface area (Å²) in [4.78, 5) is 15.9. The summed E-state index contributed by atoms with van der Waals surface area (Å²) in [5.74, 6) is 0.902. The molecule has 1 saturated heterocycles. The highest BCUT2D eigenvalue weighted by atomic mass is 16.5. The van der Waals surface area contributed by atoms with Gasteiger partial charge in [-0.15, -0.1) is 0 Å². The van der Waals surface area contributed by atoms with Crippen LogP contribution in [0.5, 0.6) is 0 Å². The predicted octanol–water partition coefficient (Wildman–Crippen LogP) is 3.08. The lowest BCUT2D eigenvalue weighted by Crippen LogP contribution is -2.46. The largest absolute Gasteiger partial charge is 0.404 e. The van der Waals surface area contributed by atoms with Gasteiger partial charge in [-0.05, 0) is 50.3 Å². The van der Waals surface area contributed by atoms with Crippen molar-refractivity contribution in [3.63, 3.8) is 0 Å². The number of nitrogens with zero attached hydrogens (tertiary/aromatic N) is 4. The van der Waals surface area contributed by atoms with E-state index in [-0.39, 0.29) is 0 Å². The van der Waals surface area contributed by atoms with Gasteiger partial charge in [0.15, 0.2) is 0 Å². The lowest BCUT2D eigenvalue weighted by atomic mass is 9.90. The molecule has 1 aromatic carbocycles. The van der Waals surface area contributed by atoms with Crippen LogP contribution in [0, 0.1) is 0 Å². The molecule has 160 valence electrons. The van der Waals surface area contributed by atoms with Crippen molar-refractivity contribution in [2.45, 2.75) is 44.7 Å². The van der Waals surface area contributed by atoms with Crippen LogP contribution in [0.15, 0.2) is 35.7 Å². The number of aliphatic imine (C=N–C) groups is 1. The number of benzene rings is 1. The standard InChI is InChI=1S/C23H32N6O/c1-16(25-2)21(14-24)17-3-8-22-20(13-17)23(27-15-26-22)28-18-4-6-19(7-5-18)29-9-11-30-12-10-29/h3,8,13-15,18-19H,4-7,9-12,24H2,1-2H3,(H,26,27,28). The highest BCUT2D eigenvalue weighted by Gasteiger charge is 2.27. The Morgan fingerprint density at radius 3 is 2.67 bits per heavy atom. The van der Waals surface area contributed by atoms with Gasteiger partial charge in [0.1, 0.15) is 12.1 Å². The first-order valence-electron chi connectivity index (χ1n) is 10.9. The number of anilines is 1. The van der Waals surface area contributed by atoms with Crippen molar-refractivity contribution in [2.24, 2.45) is 10.7 Å². The third kappa shape index (κ3) is 4.47. The summed E-state index contributed by atoms with van der Waals surface area (Å²) in [6.45, 7) is 5.85. The van der Waals surface area contributed by atoms with Crippen molar-refractivity contribution in [1.29, 1.82) is 0 Å². The zero-order valence-corrected chi connectivity index (χ0v) is 18.0. The molecule has 1 aromatic heterocycles. The Morgan fingerprint density at radius 2 is 1.97 bits per heavy atom. The first-order chi connectivity index (χ1) is 14.7. The molecule has 2 aromatic rings. The maximum atomic E-state index is 5.89. The number of hydrogen-bond donors (Lipinski definition) is 2. The Morgan fingerprint density at radius 1 is 1.20 bits per heavy atom. The monoisotopic (exact) mass is 408 g/mol. The smallest absolute Gasteiger partial charge is 0.137 e. The Labute approximate surface area is 178 Å². The number of hydrogen-bond acceptors (Lipinski definition) is 7. The van der Waals surface area contributed by atoms with Crippen LogP contribution in [-0.4, -0.2) is 66.0 Å². The Bertz CT molecular complexity index is 926. The number of fused-ring (bicyclic) bond motifs is 1. The second kappa shape index (κ2) is 9.53. The van der Waals surface area contributed by atoms with Gasteiger partial charge in [-0.1, -0.05) is 6.07 Å². The molecule has 0 unspecified atom stereocenters. The second-order valence-corrected chi connectivity index (χ2v) is 8.14. The molecule has 7 heteroatoms. The van der Waals surface area contributed by atoms with Gasteiger partial charge in [-0.2, -0.15) is 0 Å². The van der Waals surface area contributed by atoms with Gasteiger partial charge in [-0.25, -0.2) is 9.97 Å². The fraction of sp³-hybridized carbons (Fsp3) is 0.522. The van der Waals surface area contributed by atoms with E-state index in [2.05, 4.69) is 31.2 Å². The predicted molar refractivity (Wildman–Crippen MR) is 123 cm³/mol. The van der Waals surface area contributed by atoms with Crippen LogP contribution in [-0.2, 0) is 4.74 Å². The van der Waals surface area contributed by atoms with Gasteiger partial charge >= 0.3 is 0 Å². The van der Waals surface area contributed by atoms with Gasteiger partial charge in [0.05, 0.1) is 18.7 Å². The van der Waals surface area contributed by atoms with Crippen molar-refractivity contribution in [1.82, 2.24) is 14.9 Å². The molecule has 1 saturated carbocycles. The van der Waals surface area contributed by atoms with E-state index in [1.165, 1.54) is 12.8 Å². The first-order valence-corrected chi connectivity index (χ1v) is 10.9. The molecule has 0 bridgehead atoms. The molecule has 1 aliphatic heterocycles. The lowest BCUT2D eigenvalue weighted by molar-refractivity contribution is 0.00791. The molecule has 0 amide bonds. The van der Waals surface area contributed by atoms with E-state index < -0.39 is 0 Å². The highest BCUT2D eigenvalue weighted by molar-refractivity contribution is 6.23. The summed E-state index contributed by atoms with van der Waals surface area (Å²) < 4.78 is 5.50. The molecular weight excluding hydrogens is 376 g/mol. The molecule has 1 aliphatic carbocycles. The summed E-state index contributed by atoms with van der Waals surface area (Å²) in [6, 6.07) is 7.31. The average molecular weight is 409 g/mol. The normalized spacial score (nSPS) is 24.2. The van der Waals surface area contributed by atoms with Crippen molar-refractivity contribution >= 4 is 28.0 Å². The van der Waals surface area contributed by atoms with Crippen molar-refractivity contribution < 1.29 is 4.74 Å². The number of ether oxygens (including phenoxy) is 1. The van der Waals surface area contributed by atoms with Crippen molar-refractivity contribution in [3.8, 4) is 0 Å². The number of allylic oxidation sites excluding steroid dienone is 1. The molecule has 7 nitrogen and oxygen atoms in total. The van der Waals surface area contributed by atoms with Gasteiger partial charge in [0.25, 0.3) is 0 Å². The molecule has 2 aliphatic rings. The van der Waals surface area contributed by atoms with E-state index in [1.54, 1.807) is 19.6 Å². The van der Waals surface area contributed by atoms with Crippen LogP contribution in [0.4, 0.5) is 5.82 Å². The molecule has 0 atom stereocenters. The van der Waals surface area contributed by atoms with Crippen LogP contribution in [0.3, 0.4) is 0 Å². The van der Waals surface area contributed by atoms with E-state index in [0.717, 1.165) is 72.7 Å². The topological polar surface area (TPSA) is 88.7 Å². The molecular formula is C23H32N6O. The summed E-state index contributed by atoms with van der Waals surface area (Å²) in [5.41, 5.74) is 9.68. The van der Waals surface area contributed by atoms with E-state index in [1.807, 2.05) is 19.1 Å². The highest BCUT2D eigenvalue weighted by Crippen LogP contribution is 2.29. The SMILES string of the molecule is CN=C(C)C(=CN)c1ccc2ncnc(NC3CCC(N4CCOCC4)CC3)c2c1. The average Bonchev–Trinajstić information content (AvgIpc) is 2.81. The summed E-state index contributed by atoms with van der Waals surface area (Å²) in [5, 5.41) is 4.72. The number of morpholine rings is 1. The van der Waals surface area contributed by atoms with Crippen LogP contribution in [0.25, 0.3) is 16.5 Å². The fourth-order valence-corrected chi connectivity index (χ4v) is 4.61. The minimum atomic E-state index is 0.438. The van der Waals surface area contributed by atoms with E-state index in [4.69, 9.17) is 10.5 Å². The van der Waals surface area contributed by atoms with Crippen LogP contribution in [0.2, 0.25) is 0 Å². The van der Waals surface area contributed by atoms with Crippen molar-refractivity contribution in [3.05, 3.63) is 36.3 Å². The quantitative estimate of drug-likeness (QED) is 0.739. The minimum absolute atomic E-state index is 0.438. The fourth-order valence-electron chi connectivity index (χ4n) is 4.61. The molecule has 3 N–H and O–H groups in total. The summed E-state index contributed by atoms with van der Waals surface area (Å²) in [7, 11) is 1.78. The lowest BCUT2D eigenvalue weighted by Gasteiger charge is -2.39. The Hall–Kier alpha value is -2.51. The van der Waals surface area contributed by atoms with Gasteiger partial charge in [-0.3, -0.25) is 9.89 Å². The zero-order chi connectivity index (χ0) is 20.9. The Kier molecular flexibility index (Phi) is 6.59. The zero-order valence-electron chi connectivity index (χ0n) is 18.0. The maximum Gasteiger partial charge on any atom is 0.137 e. The van der Waals surface area contributed by atoms with Crippen LogP contribution >= 0.6 is 0 Å². The second-order valence-electron chi connectivity index (χ2n) is 8.14.